The number of rotatable bonds is 5. The Bertz CT molecular complexity index is 1050. The molecule has 29 heavy (non-hydrogen) atoms. The molecule has 0 spiro atoms. The zero-order valence-corrected chi connectivity index (χ0v) is 17.7. The van der Waals surface area contributed by atoms with Crippen LogP contribution in [-0.2, 0) is 6.67 Å². The number of halogens is 1. The van der Waals surface area contributed by atoms with Crippen LogP contribution >= 0.6 is 23.8 Å². The first-order chi connectivity index (χ1) is 14.2. The van der Waals surface area contributed by atoms with E-state index in [0.717, 1.165) is 54.0 Å². The molecule has 2 aliphatic rings. The van der Waals surface area contributed by atoms with Gasteiger partial charge in [-0.25, -0.2) is 4.68 Å². The molecule has 8 heteroatoms. The largest absolute Gasteiger partial charge is 0.369 e. The van der Waals surface area contributed by atoms with E-state index >= 15 is 0 Å². The second-order valence-corrected chi connectivity index (χ2v) is 8.48. The fraction of sp³-hybridized carbons (Fsp3) is 0.381. The summed E-state index contributed by atoms with van der Waals surface area (Å²) >= 11 is 12.0. The van der Waals surface area contributed by atoms with Crippen LogP contribution in [0.1, 0.15) is 18.9 Å². The number of hydrogen-bond donors (Lipinski definition) is 0. The van der Waals surface area contributed by atoms with E-state index in [4.69, 9.17) is 28.9 Å². The Morgan fingerprint density at radius 1 is 1.07 bits per heavy atom. The van der Waals surface area contributed by atoms with Crippen LogP contribution in [0.5, 0.6) is 0 Å². The molecule has 3 heterocycles. The molecule has 2 fully saturated rings. The number of benzene rings is 1. The first kappa shape index (κ1) is 18.8. The summed E-state index contributed by atoms with van der Waals surface area (Å²) in [6.07, 6.45) is 6.00. The summed E-state index contributed by atoms with van der Waals surface area (Å²) < 4.78 is 5.00. The number of nitrogens with zero attached hydrogens (tertiary/aromatic N) is 6. The van der Waals surface area contributed by atoms with E-state index in [0.29, 0.717) is 6.04 Å². The highest BCUT2D eigenvalue weighted by Crippen LogP contribution is 2.38. The van der Waals surface area contributed by atoms with Gasteiger partial charge in [0.1, 0.15) is 0 Å². The van der Waals surface area contributed by atoms with Crippen molar-refractivity contribution in [1.82, 2.24) is 24.2 Å². The maximum absolute atomic E-state index is 6.15. The lowest BCUT2D eigenvalue weighted by Gasteiger charge is -2.35. The third-order valence-corrected chi connectivity index (χ3v) is 6.22. The summed E-state index contributed by atoms with van der Waals surface area (Å²) in [6.45, 7) is 4.58. The molecule has 5 rings (SSSR count). The predicted octanol–water partition coefficient (Wildman–Crippen LogP) is 4.24. The molecule has 0 bridgehead atoms. The third kappa shape index (κ3) is 3.95. The van der Waals surface area contributed by atoms with Crippen LogP contribution in [0.3, 0.4) is 0 Å². The maximum atomic E-state index is 6.15. The molecular formula is C21H23ClN6S. The minimum Gasteiger partial charge on any atom is -0.369 e. The lowest BCUT2D eigenvalue weighted by molar-refractivity contribution is 0.194. The Labute approximate surface area is 180 Å². The minimum absolute atomic E-state index is 0.478. The van der Waals surface area contributed by atoms with Crippen molar-refractivity contribution in [3.63, 3.8) is 0 Å². The van der Waals surface area contributed by atoms with E-state index in [2.05, 4.69) is 31.5 Å². The predicted molar refractivity (Wildman–Crippen MR) is 118 cm³/mol. The molecular weight excluding hydrogens is 404 g/mol. The van der Waals surface area contributed by atoms with Gasteiger partial charge in [0.25, 0.3) is 0 Å². The van der Waals surface area contributed by atoms with Crippen LogP contribution in [0.15, 0.2) is 48.8 Å². The van der Waals surface area contributed by atoms with Gasteiger partial charge in [-0.1, -0.05) is 17.7 Å². The second kappa shape index (κ2) is 7.89. The van der Waals surface area contributed by atoms with Crippen molar-refractivity contribution in [3.8, 4) is 11.4 Å². The topological polar surface area (TPSA) is 42.1 Å². The molecule has 0 atom stereocenters. The molecule has 1 aromatic carbocycles. The third-order valence-electron chi connectivity index (χ3n) is 5.58. The fourth-order valence-corrected chi connectivity index (χ4v) is 4.39. The minimum atomic E-state index is 0.478. The smallest absolute Gasteiger partial charge is 0.199 e. The lowest BCUT2D eigenvalue weighted by atomic mass is 10.2. The Kier molecular flexibility index (Phi) is 5.11. The molecule has 0 N–H and O–H groups in total. The van der Waals surface area contributed by atoms with Gasteiger partial charge in [0.15, 0.2) is 10.6 Å². The quantitative estimate of drug-likeness (QED) is 0.571. The molecule has 2 aromatic heterocycles. The summed E-state index contributed by atoms with van der Waals surface area (Å²) in [6, 6.07) is 12.6. The highest BCUT2D eigenvalue weighted by Gasteiger charge is 2.29. The second-order valence-electron chi connectivity index (χ2n) is 7.67. The van der Waals surface area contributed by atoms with Gasteiger partial charge in [0.2, 0.25) is 0 Å². The molecule has 3 aromatic rings. The molecule has 1 saturated heterocycles. The summed E-state index contributed by atoms with van der Waals surface area (Å²) in [5.74, 6) is 0.933. The van der Waals surface area contributed by atoms with Crippen LogP contribution in [0.2, 0.25) is 5.02 Å². The number of piperazine rings is 1. The Morgan fingerprint density at radius 2 is 1.90 bits per heavy atom. The van der Waals surface area contributed by atoms with Crippen LogP contribution in [0.25, 0.3) is 11.4 Å². The Balaban J connectivity index is 1.32. The van der Waals surface area contributed by atoms with Crippen LogP contribution in [0, 0.1) is 4.77 Å². The normalized spacial score (nSPS) is 17.6. The zero-order chi connectivity index (χ0) is 19.8. The van der Waals surface area contributed by atoms with Crippen molar-refractivity contribution in [1.29, 1.82) is 0 Å². The van der Waals surface area contributed by atoms with Gasteiger partial charge in [-0.3, -0.25) is 14.5 Å². The summed E-state index contributed by atoms with van der Waals surface area (Å²) in [4.78, 5) is 9.05. The molecule has 0 unspecified atom stereocenters. The summed E-state index contributed by atoms with van der Waals surface area (Å²) in [5, 5.41) is 5.67. The van der Waals surface area contributed by atoms with Gasteiger partial charge in [-0.2, -0.15) is 5.10 Å². The number of pyridine rings is 1. The number of anilines is 1. The van der Waals surface area contributed by atoms with Crippen molar-refractivity contribution in [2.24, 2.45) is 0 Å². The van der Waals surface area contributed by atoms with E-state index in [1.807, 2.05) is 35.1 Å². The van der Waals surface area contributed by atoms with Crippen molar-refractivity contribution in [2.45, 2.75) is 25.6 Å². The highest BCUT2D eigenvalue weighted by atomic mass is 35.5. The Morgan fingerprint density at radius 3 is 2.59 bits per heavy atom. The van der Waals surface area contributed by atoms with E-state index in [1.54, 1.807) is 6.20 Å². The van der Waals surface area contributed by atoms with Crippen molar-refractivity contribution >= 4 is 29.5 Å². The van der Waals surface area contributed by atoms with E-state index in [9.17, 15) is 0 Å². The maximum Gasteiger partial charge on any atom is 0.199 e. The van der Waals surface area contributed by atoms with Gasteiger partial charge in [0, 0.05) is 60.9 Å². The van der Waals surface area contributed by atoms with Crippen molar-refractivity contribution in [3.05, 3.63) is 58.6 Å². The van der Waals surface area contributed by atoms with Gasteiger partial charge >= 0.3 is 0 Å². The summed E-state index contributed by atoms with van der Waals surface area (Å²) in [5.41, 5.74) is 2.21. The van der Waals surface area contributed by atoms with Crippen molar-refractivity contribution in [2.75, 3.05) is 31.1 Å². The molecule has 6 nitrogen and oxygen atoms in total. The molecule has 1 saturated carbocycles. The summed E-state index contributed by atoms with van der Waals surface area (Å²) in [7, 11) is 0. The monoisotopic (exact) mass is 426 g/mol. The number of hydrogen-bond acceptors (Lipinski definition) is 5. The molecule has 0 radical (unpaired) electrons. The van der Waals surface area contributed by atoms with Crippen LogP contribution in [-0.4, -0.2) is 50.4 Å². The molecule has 1 aliphatic heterocycles. The van der Waals surface area contributed by atoms with Gasteiger partial charge < -0.3 is 4.90 Å². The highest BCUT2D eigenvalue weighted by molar-refractivity contribution is 7.71. The standard InChI is InChI=1S/C21H23ClN6S/c22-17-4-1-5-19(13-17)26-11-9-25(10-12-26)15-27-21(29)28(18-6-7-18)20(24-27)16-3-2-8-23-14-16/h1-5,8,13-14,18H,6-7,9-12,15H2. The average Bonchev–Trinajstić information content (AvgIpc) is 3.54. The molecule has 0 amide bonds. The van der Waals surface area contributed by atoms with Gasteiger partial charge in [-0.05, 0) is 55.4 Å². The first-order valence-electron chi connectivity index (χ1n) is 10.0. The number of aromatic nitrogens is 4. The molecule has 1 aliphatic carbocycles. The lowest BCUT2D eigenvalue weighted by Crippen LogP contribution is -2.47. The molecule has 150 valence electrons. The van der Waals surface area contributed by atoms with Gasteiger partial charge in [-0.15, -0.1) is 0 Å². The van der Waals surface area contributed by atoms with Crippen LogP contribution in [0.4, 0.5) is 5.69 Å². The fourth-order valence-electron chi connectivity index (χ4n) is 3.88. The van der Waals surface area contributed by atoms with E-state index < -0.39 is 0 Å². The van der Waals surface area contributed by atoms with E-state index in [-0.39, 0.29) is 0 Å². The zero-order valence-electron chi connectivity index (χ0n) is 16.1. The van der Waals surface area contributed by atoms with Crippen LogP contribution < -0.4 is 4.90 Å². The van der Waals surface area contributed by atoms with E-state index in [1.165, 1.54) is 18.5 Å². The van der Waals surface area contributed by atoms with Crippen molar-refractivity contribution < 1.29 is 0 Å². The first-order valence-corrected chi connectivity index (χ1v) is 10.8. The average molecular weight is 427 g/mol. The Hall–Kier alpha value is -2.22. The SMILES string of the molecule is S=c1n(CN2CCN(c3cccc(Cl)c3)CC2)nc(-c2cccnc2)n1C1CC1. The van der Waals surface area contributed by atoms with Gasteiger partial charge in [0.05, 0.1) is 6.67 Å².